The van der Waals surface area contributed by atoms with Gasteiger partial charge in [0.25, 0.3) is 5.91 Å². The SMILES string of the molecule is CC(N)C1CCN(C(=O)c2[nH]nc(-c3ccccc3)c2Br)CC1.Cl. The van der Waals surface area contributed by atoms with Gasteiger partial charge in [-0.3, -0.25) is 9.89 Å². The van der Waals surface area contributed by atoms with Crippen molar-refractivity contribution in [2.24, 2.45) is 11.7 Å². The van der Waals surface area contributed by atoms with Crippen molar-refractivity contribution in [1.29, 1.82) is 0 Å². The minimum Gasteiger partial charge on any atom is -0.337 e. The average Bonchev–Trinajstić information content (AvgIpc) is 2.96. The number of rotatable bonds is 3. The third-order valence-corrected chi connectivity index (χ3v) is 5.31. The number of nitrogens with one attached hydrogen (secondary N) is 1. The number of nitrogens with zero attached hydrogens (tertiary/aromatic N) is 2. The molecule has 130 valence electrons. The van der Waals surface area contributed by atoms with Crippen LogP contribution in [0, 0.1) is 5.92 Å². The molecule has 1 fully saturated rings. The maximum atomic E-state index is 12.7. The van der Waals surface area contributed by atoms with Crippen molar-refractivity contribution in [2.45, 2.75) is 25.8 Å². The summed E-state index contributed by atoms with van der Waals surface area (Å²) in [7, 11) is 0. The molecule has 1 unspecified atom stereocenters. The minimum atomic E-state index is -0.00493. The van der Waals surface area contributed by atoms with Gasteiger partial charge in [-0.15, -0.1) is 12.4 Å². The highest BCUT2D eigenvalue weighted by Crippen LogP contribution is 2.30. The molecule has 1 saturated heterocycles. The molecule has 3 rings (SSSR count). The highest BCUT2D eigenvalue weighted by atomic mass is 79.9. The second-order valence-electron chi connectivity index (χ2n) is 6.12. The van der Waals surface area contributed by atoms with E-state index in [2.05, 4.69) is 26.1 Å². The van der Waals surface area contributed by atoms with Crippen molar-refractivity contribution < 1.29 is 4.79 Å². The van der Waals surface area contributed by atoms with Crippen LogP contribution >= 0.6 is 28.3 Å². The van der Waals surface area contributed by atoms with E-state index >= 15 is 0 Å². The van der Waals surface area contributed by atoms with Crippen molar-refractivity contribution >= 4 is 34.2 Å². The first-order valence-electron chi connectivity index (χ1n) is 7.92. The number of aromatic nitrogens is 2. The Labute approximate surface area is 156 Å². The van der Waals surface area contributed by atoms with E-state index in [-0.39, 0.29) is 24.4 Å². The Kier molecular flexibility index (Phi) is 6.43. The number of amides is 1. The number of nitrogens with two attached hydrogens (primary N) is 1. The summed E-state index contributed by atoms with van der Waals surface area (Å²) in [6.07, 6.45) is 1.92. The van der Waals surface area contributed by atoms with E-state index in [0.717, 1.165) is 41.7 Å². The molecule has 0 saturated carbocycles. The molecule has 0 radical (unpaired) electrons. The molecule has 2 aromatic rings. The van der Waals surface area contributed by atoms with Gasteiger partial charge in [-0.05, 0) is 41.6 Å². The second-order valence-corrected chi connectivity index (χ2v) is 6.91. The van der Waals surface area contributed by atoms with Gasteiger partial charge in [-0.25, -0.2) is 0 Å². The summed E-state index contributed by atoms with van der Waals surface area (Å²) in [5.41, 5.74) is 8.22. The number of carbonyl (C=O) groups is 1. The summed E-state index contributed by atoms with van der Waals surface area (Å²) in [6.45, 7) is 3.54. The third-order valence-electron chi connectivity index (χ3n) is 4.54. The Morgan fingerprint density at radius 2 is 1.96 bits per heavy atom. The standard InChI is InChI=1S/C17H21BrN4O.ClH/c1-11(19)12-7-9-22(10-8-12)17(23)16-14(18)15(20-21-16)13-5-3-2-4-6-13;/h2-6,11-12H,7-10,19H2,1H3,(H,20,21);1H. The summed E-state index contributed by atoms with van der Waals surface area (Å²) in [5.74, 6) is 0.499. The second kappa shape index (κ2) is 8.14. The highest BCUT2D eigenvalue weighted by Gasteiger charge is 2.28. The van der Waals surface area contributed by atoms with Gasteiger partial charge in [0, 0.05) is 24.7 Å². The lowest BCUT2D eigenvalue weighted by atomic mass is 9.91. The Hall–Kier alpha value is -1.37. The van der Waals surface area contributed by atoms with Gasteiger partial charge in [-0.2, -0.15) is 5.10 Å². The van der Waals surface area contributed by atoms with E-state index in [4.69, 9.17) is 5.73 Å². The van der Waals surface area contributed by atoms with Crippen LogP contribution in [0.4, 0.5) is 0 Å². The van der Waals surface area contributed by atoms with Crippen molar-refractivity contribution in [1.82, 2.24) is 15.1 Å². The number of likely N-dealkylation sites (tertiary alicyclic amines) is 1. The lowest BCUT2D eigenvalue weighted by Gasteiger charge is -2.33. The lowest BCUT2D eigenvalue weighted by molar-refractivity contribution is 0.0674. The molecule has 1 aliphatic heterocycles. The number of carbonyl (C=O) groups excluding carboxylic acids is 1. The average molecular weight is 414 g/mol. The normalized spacial score (nSPS) is 16.5. The van der Waals surface area contributed by atoms with Gasteiger partial charge in [0.15, 0.2) is 0 Å². The van der Waals surface area contributed by atoms with E-state index in [1.807, 2.05) is 42.2 Å². The minimum absolute atomic E-state index is 0. The number of benzene rings is 1. The molecule has 2 heterocycles. The van der Waals surface area contributed by atoms with Crippen LogP contribution in [0.3, 0.4) is 0 Å². The first kappa shape index (κ1) is 19.0. The zero-order valence-corrected chi connectivity index (χ0v) is 15.9. The van der Waals surface area contributed by atoms with E-state index < -0.39 is 0 Å². The zero-order chi connectivity index (χ0) is 16.4. The fraction of sp³-hybridized carbons (Fsp3) is 0.412. The maximum absolute atomic E-state index is 12.7. The molecular formula is C17H22BrClN4O. The van der Waals surface area contributed by atoms with Gasteiger partial charge < -0.3 is 10.6 Å². The van der Waals surface area contributed by atoms with Crippen molar-refractivity contribution in [3.63, 3.8) is 0 Å². The Morgan fingerprint density at radius 1 is 1.33 bits per heavy atom. The Balaban J connectivity index is 0.00000208. The molecular weight excluding hydrogens is 392 g/mol. The zero-order valence-electron chi connectivity index (χ0n) is 13.5. The van der Waals surface area contributed by atoms with E-state index in [1.54, 1.807) is 0 Å². The predicted molar refractivity (Wildman–Crippen MR) is 101 cm³/mol. The first-order chi connectivity index (χ1) is 11.1. The number of H-pyrrole nitrogens is 1. The van der Waals surface area contributed by atoms with Crippen LogP contribution in [0.25, 0.3) is 11.3 Å². The Morgan fingerprint density at radius 3 is 2.54 bits per heavy atom. The molecule has 0 bridgehead atoms. The van der Waals surface area contributed by atoms with Crippen LogP contribution in [0.5, 0.6) is 0 Å². The number of aromatic amines is 1. The van der Waals surface area contributed by atoms with Crippen LogP contribution in [0.1, 0.15) is 30.3 Å². The molecule has 7 heteroatoms. The largest absolute Gasteiger partial charge is 0.337 e. The molecule has 1 aliphatic rings. The van der Waals surface area contributed by atoms with Crippen LogP contribution in [-0.4, -0.2) is 40.1 Å². The Bertz CT molecular complexity index is 681. The van der Waals surface area contributed by atoms with Gasteiger partial charge >= 0.3 is 0 Å². The number of piperidine rings is 1. The van der Waals surface area contributed by atoms with E-state index in [0.29, 0.717) is 11.6 Å². The molecule has 3 N–H and O–H groups in total. The lowest BCUT2D eigenvalue weighted by Crippen LogP contribution is -2.42. The summed E-state index contributed by atoms with van der Waals surface area (Å²) >= 11 is 3.53. The van der Waals surface area contributed by atoms with Gasteiger partial charge in [-0.1, -0.05) is 30.3 Å². The van der Waals surface area contributed by atoms with Crippen molar-refractivity contribution in [2.75, 3.05) is 13.1 Å². The summed E-state index contributed by atoms with van der Waals surface area (Å²) < 4.78 is 0.725. The summed E-state index contributed by atoms with van der Waals surface area (Å²) in [5, 5.41) is 7.20. The molecule has 0 spiro atoms. The first-order valence-corrected chi connectivity index (χ1v) is 8.71. The molecule has 5 nitrogen and oxygen atoms in total. The fourth-order valence-electron chi connectivity index (χ4n) is 3.04. The summed E-state index contributed by atoms with van der Waals surface area (Å²) in [6, 6.07) is 10.0. The monoisotopic (exact) mass is 412 g/mol. The third kappa shape index (κ3) is 3.82. The van der Waals surface area contributed by atoms with Crippen LogP contribution < -0.4 is 5.73 Å². The fourth-order valence-corrected chi connectivity index (χ4v) is 3.62. The molecule has 1 aromatic heterocycles. The van der Waals surface area contributed by atoms with Gasteiger partial charge in [0.1, 0.15) is 11.4 Å². The smallest absolute Gasteiger partial charge is 0.273 e. The molecule has 1 amide bonds. The number of hydrogen-bond donors (Lipinski definition) is 2. The van der Waals surface area contributed by atoms with Crippen LogP contribution in [-0.2, 0) is 0 Å². The molecule has 0 aliphatic carbocycles. The number of hydrogen-bond acceptors (Lipinski definition) is 3. The molecule has 24 heavy (non-hydrogen) atoms. The topological polar surface area (TPSA) is 75.0 Å². The van der Waals surface area contributed by atoms with Crippen molar-refractivity contribution in [3.8, 4) is 11.3 Å². The van der Waals surface area contributed by atoms with Gasteiger partial charge in [0.05, 0.1) is 4.47 Å². The number of halogens is 2. The van der Waals surface area contributed by atoms with Crippen molar-refractivity contribution in [3.05, 3.63) is 40.5 Å². The summed E-state index contributed by atoms with van der Waals surface area (Å²) in [4.78, 5) is 14.6. The highest BCUT2D eigenvalue weighted by molar-refractivity contribution is 9.10. The van der Waals surface area contributed by atoms with Crippen LogP contribution in [0.2, 0.25) is 0 Å². The molecule has 1 aromatic carbocycles. The van der Waals surface area contributed by atoms with E-state index in [1.165, 1.54) is 0 Å². The quantitative estimate of drug-likeness (QED) is 0.809. The van der Waals surface area contributed by atoms with E-state index in [9.17, 15) is 4.79 Å². The molecule has 1 atom stereocenters. The maximum Gasteiger partial charge on any atom is 0.273 e. The predicted octanol–water partition coefficient (Wildman–Crippen LogP) is 3.46. The van der Waals surface area contributed by atoms with Crippen LogP contribution in [0.15, 0.2) is 34.8 Å². The van der Waals surface area contributed by atoms with Gasteiger partial charge in [0.2, 0.25) is 0 Å².